The third-order valence-electron chi connectivity index (χ3n) is 4.77. The lowest BCUT2D eigenvalue weighted by molar-refractivity contribution is 0.102. The molecule has 126 valence electrons. The molecule has 1 aliphatic heterocycles. The van der Waals surface area contributed by atoms with Crippen LogP contribution in [0.3, 0.4) is 0 Å². The van der Waals surface area contributed by atoms with Gasteiger partial charge in [-0.3, -0.25) is 9.69 Å². The summed E-state index contributed by atoms with van der Waals surface area (Å²) in [5.41, 5.74) is 6.39. The van der Waals surface area contributed by atoms with Gasteiger partial charge in [-0.15, -0.1) is 0 Å². The smallest absolute Gasteiger partial charge is 0.255 e. The number of carbonyl (C=O) groups is 1. The molecule has 1 heterocycles. The maximum absolute atomic E-state index is 12.5. The molecule has 1 amide bonds. The van der Waals surface area contributed by atoms with Gasteiger partial charge in [0.25, 0.3) is 5.91 Å². The molecule has 1 aliphatic rings. The number of carbonyl (C=O) groups excluding carboxylic acids is 1. The van der Waals surface area contributed by atoms with Gasteiger partial charge in [0.2, 0.25) is 0 Å². The Kier molecular flexibility index (Phi) is 5.00. The Bertz CT molecular complexity index is 745. The highest BCUT2D eigenvalue weighted by Gasteiger charge is 2.13. The summed E-state index contributed by atoms with van der Waals surface area (Å²) < 4.78 is 0. The molecule has 0 aliphatic carbocycles. The summed E-state index contributed by atoms with van der Waals surface area (Å²) in [7, 11) is 0. The van der Waals surface area contributed by atoms with Gasteiger partial charge in [0.1, 0.15) is 0 Å². The maximum Gasteiger partial charge on any atom is 0.255 e. The topological polar surface area (TPSA) is 32.3 Å². The van der Waals surface area contributed by atoms with E-state index in [0.717, 1.165) is 17.8 Å². The van der Waals surface area contributed by atoms with Crippen molar-refractivity contribution in [2.45, 2.75) is 40.2 Å². The first kappa shape index (κ1) is 16.7. The number of amides is 1. The number of nitrogens with one attached hydrogen (secondary N) is 1. The Hall–Kier alpha value is -2.13. The van der Waals surface area contributed by atoms with E-state index in [2.05, 4.69) is 36.2 Å². The van der Waals surface area contributed by atoms with Crippen LogP contribution in [0.15, 0.2) is 36.4 Å². The molecule has 0 radical (unpaired) electrons. The van der Waals surface area contributed by atoms with Crippen molar-refractivity contribution in [3.8, 4) is 0 Å². The molecule has 0 aromatic heterocycles. The Morgan fingerprint density at radius 3 is 2.46 bits per heavy atom. The second-order valence-electron chi connectivity index (χ2n) is 6.94. The van der Waals surface area contributed by atoms with Crippen molar-refractivity contribution in [1.82, 2.24) is 4.90 Å². The van der Waals surface area contributed by atoms with Crippen molar-refractivity contribution in [2.24, 2.45) is 0 Å². The molecular formula is C21H26N2O. The van der Waals surface area contributed by atoms with Gasteiger partial charge in [0, 0.05) is 17.8 Å². The molecule has 3 heteroatoms. The number of rotatable bonds is 4. The second-order valence-corrected chi connectivity index (χ2v) is 6.94. The van der Waals surface area contributed by atoms with E-state index in [1.807, 2.05) is 31.2 Å². The molecule has 1 saturated heterocycles. The molecule has 0 saturated carbocycles. The monoisotopic (exact) mass is 322 g/mol. The standard InChI is InChI=1S/C21H26N2O/c1-15-10-18(14-23-8-4-5-9-23)13-20(11-15)22-21(24)19-7-6-16(2)17(3)12-19/h6-7,10-13H,4-5,8-9,14H2,1-3H3,(H,22,24). The van der Waals surface area contributed by atoms with Crippen LogP contribution in [0, 0.1) is 20.8 Å². The van der Waals surface area contributed by atoms with Crippen LogP contribution in [0.5, 0.6) is 0 Å². The molecule has 0 spiro atoms. The summed E-state index contributed by atoms with van der Waals surface area (Å²) in [6, 6.07) is 12.2. The zero-order valence-electron chi connectivity index (χ0n) is 14.9. The normalized spacial score (nSPS) is 14.8. The van der Waals surface area contributed by atoms with E-state index >= 15 is 0 Å². The SMILES string of the molecule is Cc1cc(CN2CCCC2)cc(NC(=O)c2ccc(C)c(C)c2)c1. The molecule has 0 bridgehead atoms. The fourth-order valence-corrected chi connectivity index (χ4v) is 3.31. The van der Waals surface area contributed by atoms with Crippen molar-refractivity contribution in [3.63, 3.8) is 0 Å². The highest BCUT2D eigenvalue weighted by Crippen LogP contribution is 2.20. The molecule has 2 aromatic carbocycles. The Balaban J connectivity index is 1.74. The quantitative estimate of drug-likeness (QED) is 0.901. The van der Waals surface area contributed by atoms with Crippen LogP contribution >= 0.6 is 0 Å². The van der Waals surface area contributed by atoms with Gasteiger partial charge in [0.05, 0.1) is 0 Å². The van der Waals surface area contributed by atoms with E-state index in [-0.39, 0.29) is 5.91 Å². The molecular weight excluding hydrogens is 296 g/mol. The number of hydrogen-bond acceptors (Lipinski definition) is 2. The predicted octanol–water partition coefficient (Wildman–Crippen LogP) is 4.46. The summed E-state index contributed by atoms with van der Waals surface area (Å²) in [4.78, 5) is 15.0. The molecule has 1 fully saturated rings. The van der Waals surface area contributed by atoms with Gasteiger partial charge < -0.3 is 5.32 Å². The van der Waals surface area contributed by atoms with E-state index in [4.69, 9.17) is 0 Å². The third-order valence-corrected chi connectivity index (χ3v) is 4.77. The first-order chi connectivity index (χ1) is 11.5. The summed E-state index contributed by atoms with van der Waals surface area (Å²) >= 11 is 0. The van der Waals surface area contributed by atoms with Crippen molar-refractivity contribution in [1.29, 1.82) is 0 Å². The number of hydrogen-bond donors (Lipinski definition) is 1. The molecule has 0 unspecified atom stereocenters. The number of nitrogens with zero attached hydrogens (tertiary/aromatic N) is 1. The van der Waals surface area contributed by atoms with E-state index in [1.165, 1.54) is 42.6 Å². The lowest BCUT2D eigenvalue weighted by Crippen LogP contribution is -2.19. The number of aryl methyl sites for hydroxylation is 3. The van der Waals surface area contributed by atoms with Crippen LogP contribution in [-0.4, -0.2) is 23.9 Å². The average Bonchev–Trinajstić information content (AvgIpc) is 3.02. The molecule has 2 aromatic rings. The van der Waals surface area contributed by atoms with Crippen molar-refractivity contribution in [3.05, 3.63) is 64.2 Å². The van der Waals surface area contributed by atoms with Crippen LogP contribution in [0.4, 0.5) is 5.69 Å². The summed E-state index contributed by atoms with van der Waals surface area (Å²) in [6.07, 6.45) is 2.59. The van der Waals surface area contributed by atoms with Crippen LogP contribution in [0.1, 0.15) is 45.5 Å². The van der Waals surface area contributed by atoms with Crippen LogP contribution in [0.25, 0.3) is 0 Å². The zero-order chi connectivity index (χ0) is 17.1. The van der Waals surface area contributed by atoms with E-state index in [9.17, 15) is 4.79 Å². The largest absolute Gasteiger partial charge is 0.322 e. The van der Waals surface area contributed by atoms with E-state index in [1.54, 1.807) is 0 Å². The summed E-state index contributed by atoms with van der Waals surface area (Å²) in [5, 5.41) is 3.05. The summed E-state index contributed by atoms with van der Waals surface area (Å²) in [5.74, 6) is -0.0455. The van der Waals surface area contributed by atoms with Crippen LogP contribution in [0.2, 0.25) is 0 Å². The lowest BCUT2D eigenvalue weighted by atomic mass is 10.1. The molecule has 0 atom stereocenters. The van der Waals surface area contributed by atoms with Gasteiger partial charge in [-0.2, -0.15) is 0 Å². The molecule has 3 nitrogen and oxygen atoms in total. The lowest BCUT2D eigenvalue weighted by Gasteiger charge is -2.16. The van der Waals surface area contributed by atoms with Gasteiger partial charge in [-0.25, -0.2) is 0 Å². The van der Waals surface area contributed by atoms with Crippen LogP contribution < -0.4 is 5.32 Å². The van der Waals surface area contributed by atoms with Gasteiger partial charge in [0.15, 0.2) is 0 Å². The van der Waals surface area contributed by atoms with E-state index in [0.29, 0.717) is 5.56 Å². The third kappa shape index (κ3) is 4.04. The van der Waals surface area contributed by atoms with Gasteiger partial charge in [-0.1, -0.05) is 12.1 Å². The zero-order valence-corrected chi connectivity index (χ0v) is 14.9. The minimum atomic E-state index is -0.0455. The maximum atomic E-state index is 12.5. The van der Waals surface area contributed by atoms with Crippen molar-refractivity contribution in [2.75, 3.05) is 18.4 Å². The minimum absolute atomic E-state index is 0.0455. The van der Waals surface area contributed by atoms with E-state index < -0.39 is 0 Å². The molecule has 3 rings (SSSR count). The predicted molar refractivity (Wildman–Crippen MR) is 99.6 cm³/mol. The van der Waals surface area contributed by atoms with Crippen molar-refractivity contribution >= 4 is 11.6 Å². The first-order valence-electron chi connectivity index (χ1n) is 8.73. The highest BCUT2D eigenvalue weighted by molar-refractivity contribution is 6.04. The summed E-state index contributed by atoms with van der Waals surface area (Å²) in [6.45, 7) is 9.50. The molecule has 1 N–H and O–H groups in total. The minimum Gasteiger partial charge on any atom is -0.322 e. The first-order valence-corrected chi connectivity index (χ1v) is 8.73. The number of anilines is 1. The Labute approximate surface area is 144 Å². The average molecular weight is 322 g/mol. The van der Waals surface area contributed by atoms with Gasteiger partial charge in [-0.05, 0) is 93.2 Å². The Morgan fingerprint density at radius 2 is 1.75 bits per heavy atom. The Morgan fingerprint density at radius 1 is 1.00 bits per heavy atom. The molecule has 24 heavy (non-hydrogen) atoms. The van der Waals surface area contributed by atoms with Crippen LogP contribution in [-0.2, 0) is 6.54 Å². The second kappa shape index (κ2) is 7.18. The van der Waals surface area contributed by atoms with Crippen molar-refractivity contribution < 1.29 is 4.79 Å². The number of likely N-dealkylation sites (tertiary alicyclic amines) is 1. The van der Waals surface area contributed by atoms with Gasteiger partial charge >= 0.3 is 0 Å². The number of benzene rings is 2. The fraction of sp³-hybridized carbons (Fsp3) is 0.381. The fourth-order valence-electron chi connectivity index (χ4n) is 3.31. The highest BCUT2D eigenvalue weighted by atomic mass is 16.1.